The quantitative estimate of drug-likeness (QED) is 0.890. The summed E-state index contributed by atoms with van der Waals surface area (Å²) >= 11 is 6.21. The Balaban J connectivity index is 2.13. The summed E-state index contributed by atoms with van der Waals surface area (Å²) in [4.78, 5) is 18.1. The van der Waals surface area contributed by atoms with Crippen LogP contribution in [0.15, 0.2) is 12.1 Å². The molecule has 1 aromatic rings. The summed E-state index contributed by atoms with van der Waals surface area (Å²) in [5.74, 6) is 0.503. The fourth-order valence-electron chi connectivity index (χ4n) is 2.56. The zero-order valence-corrected chi connectivity index (χ0v) is 12.7. The lowest BCUT2D eigenvalue weighted by Gasteiger charge is -2.36. The molecule has 2 rings (SSSR count). The molecule has 0 aliphatic carbocycles. The van der Waals surface area contributed by atoms with E-state index in [9.17, 15) is 4.79 Å². The minimum Gasteiger partial charge on any atom is -0.373 e. The first-order valence-corrected chi connectivity index (χ1v) is 7.25. The van der Waals surface area contributed by atoms with E-state index in [1.54, 1.807) is 0 Å². The molecule has 1 aliphatic heterocycles. The number of likely N-dealkylation sites (tertiary alicyclic amines) is 1. The Morgan fingerprint density at radius 1 is 1.55 bits per heavy atom. The number of amides is 1. The van der Waals surface area contributed by atoms with Crippen molar-refractivity contribution in [2.75, 3.05) is 18.9 Å². The van der Waals surface area contributed by atoms with Crippen LogP contribution in [0, 0.1) is 5.92 Å². The van der Waals surface area contributed by atoms with Crippen LogP contribution in [-0.2, 0) is 11.3 Å². The van der Waals surface area contributed by atoms with E-state index in [4.69, 9.17) is 17.3 Å². The summed E-state index contributed by atoms with van der Waals surface area (Å²) in [5, 5.41) is 3.66. The SMILES string of the molecule is CNc1ccc(Cl)c(CN2CC(C(N)=O)CCC2C)n1. The van der Waals surface area contributed by atoms with Crippen LogP contribution in [0.25, 0.3) is 0 Å². The van der Waals surface area contributed by atoms with Gasteiger partial charge in [-0.05, 0) is 31.9 Å². The van der Waals surface area contributed by atoms with Crippen LogP contribution in [0.5, 0.6) is 0 Å². The van der Waals surface area contributed by atoms with Crippen LogP contribution in [0.1, 0.15) is 25.5 Å². The monoisotopic (exact) mass is 296 g/mol. The molecule has 1 aliphatic rings. The fourth-order valence-corrected chi connectivity index (χ4v) is 2.72. The van der Waals surface area contributed by atoms with Gasteiger partial charge in [0, 0.05) is 26.2 Å². The minimum absolute atomic E-state index is 0.0718. The van der Waals surface area contributed by atoms with Gasteiger partial charge in [-0.2, -0.15) is 0 Å². The molecule has 6 heteroatoms. The molecule has 2 atom stereocenters. The number of rotatable bonds is 4. The van der Waals surface area contributed by atoms with Gasteiger partial charge in [0.05, 0.1) is 16.6 Å². The highest BCUT2D eigenvalue weighted by Crippen LogP contribution is 2.25. The van der Waals surface area contributed by atoms with Crippen molar-refractivity contribution in [2.24, 2.45) is 11.7 Å². The second-order valence-electron chi connectivity index (χ2n) is 5.33. The highest BCUT2D eigenvalue weighted by Gasteiger charge is 2.29. The Labute approximate surface area is 124 Å². The molecule has 2 unspecified atom stereocenters. The summed E-state index contributed by atoms with van der Waals surface area (Å²) < 4.78 is 0. The second kappa shape index (κ2) is 6.41. The summed E-state index contributed by atoms with van der Waals surface area (Å²) in [6.45, 7) is 3.48. The number of nitrogens with one attached hydrogen (secondary N) is 1. The lowest BCUT2D eigenvalue weighted by atomic mass is 9.93. The third kappa shape index (κ3) is 3.41. The van der Waals surface area contributed by atoms with Crippen LogP contribution < -0.4 is 11.1 Å². The van der Waals surface area contributed by atoms with Crippen molar-refractivity contribution < 1.29 is 4.79 Å². The van der Waals surface area contributed by atoms with E-state index >= 15 is 0 Å². The van der Waals surface area contributed by atoms with Crippen molar-refractivity contribution in [1.29, 1.82) is 0 Å². The third-order valence-electron chi connectivity index (χ3n) is 3.94. The number of anilines is 1. The lowest BCUT2D eigenvalue weighted by Crippen LogP contribution is -2.45. The van der Waals surface area contributed by atoms with Gasteiger partial charge >= 0.3 is 0 Å². The van der Waals surface area contributed by atoms with Crippen molar-refractivity contribution in [2.45, 2.75) is 32.4 Å². The van der Waals surface area contributed by atoms with Crippen molar-refractivity contribution in [3.8, 4) is 0 Å². The van der Waals surface area contributed by atoms with Gasteiger partial charge in [-0.3, -0.25) is 9.69 Å². The molecule has 0 aromatic carbocycles. The number of carbonyl (C=O) groups excluding carboxylic acids is 1. The molecule has 20 heavy (non-hydrogen) atoms. The zero-order valence-electron chi connectivity index (χ0n) is 11.9. The van der Waals surface area contributed by atoms with Gasteiger partial charge in [0.15, 0.2) is 0 Å². The Kier molecular flexibility index (Phi) is 4.83. The predicted molar refractivity (Wildman–Crippen MR) is 80.6 cm³/mol. The lowest BCUT2D eigenvalue weighted by molar-refractivity contribution is -0.124. The molecular weight excluding hydrogens is 276 g/mol. The molecule has 2 heterocycles. The molecular formula is C14H21ClN4O. The van der Waals surface area contributed by atoms with E-state index in [1.807, 2.05) is 19.2 Å². The van der Waals surface area contributed by atoms with E-state index in [0.717, 1.165) is 24.4 Å². The van der Waals surface area contributed by atoms with Crippen molar-refractivity contribution in [3.05, 3.63) is 22.8 Å². The Hall–Kier alpha value is -1.33. The van der Waals surface area contributed by atoms with Crippen molar-refractivity contribution in [1.82, 2.24) is 9.88 Å². The number of nitrogens with zero attached hydrogens (tertiary/aromatic N) is 2. The first-order chi connectivity index (χ1) is 9.51. The Morgan fingerprint density at radius 2 is 2.30 bits per heavy atom. The zero-order chi connectivity index (χ0) is 14.7. The van der Waals surface area contributed by atoms with Crippen LogP contribution in [0.3, 0.4) is 0 Å². The van der Waals surface area contributed by atoms with Crippen LogP contribution >= 0.6 is 11.6 Å². The largest absolute Gasteiger partial charge is 0.373 e. The maximum absolute atomic E-state index is 11.4. The number of hydrogen-bond donors (Lipinski definition) is 2. The van der Waals surface area contributed by atoms with Crippen LogP contribution in [0.4, 0.5) is 5.82 Å². The van der Waals surface area contributed by atoms with Gasteiger partial charge in [0.2, 0.25) is 5.91 Å². The van der Waals surface area contributed by atoms with Gasteiger partial charge in [-0.15, -0.1) is 0 Å². The average Bonchev–Trinajstić information content (AvgIpc) is 2.43. The number of primary amides is 1. The van der Waals surface area contributed by atoms with Gasteiger partial charge in [-0.1, -0.05) is 11.6 Å². The van der Waals surface area contributed by atoms with Gasteiger partial charge in [0.25, 0.3) is 0 Å². The highest BCUT2D eigenvalue weighted by atomic mass is 35.5. The predicted octanol–water partition coefficient (Wildman–Crippen LogP) is 1.86. The standard InChI is InChI=1S/C14H21ClN4O/c1-9-3-4-10(14(16)20)7-19(9)8-12-11(15)5-6-13(17-2)18-12/h5-6,9-10H,3-4,7-8H2,1-2H3,(H2,16,20)(H,17,18). The molecule has 1 aromatic heterocycles. The molecule has 0 bridgehead atoms. The molecule has 0 radical (unpaired) electrons. The molecule has 1 saturated heterocycles. The summed E-state index contributed by atoms with van der Waals surface area (Å²) in [5.41, 5.74) is 6.26. The first kappa shape index (κ1) is 15.1. The number of hydrogen-bond acceptors (Lipinski definition) is 4. The van der Waals surface area contributed by atoms with Gasteiger partial charge in [0.1, 0.15) is 5.82 Å². The van der Waals surface area contributed by atoms with Crippen molar-refractivity contribution in [3.63, 3.8) is 0 Å². The molecule has 5 nitrogen and oxygen atoms in total. The number of piperidine rings is 1. The van der Waals surface area contributed by atoms with Gasteiger partial charge < -0.3 is 11.1 Å². The third-order valence-corrected chi connectivity index (χ3v) is 4.29. The summed E-state index contributed by atoms with van der Waals surface area (Å²) in [7, 11) is 1.83. The van der Waals surface area contributed by atoms with E-state index in [0.29, 0.717) is 24.2 Å². The number of carbonyl (C=O) groups is 1. The van der Waals surface area contributed by atoms with Crippen LogP contribution in [0.2, 0.25) is 5.02 Å². The number of halogens is 1. The molecule has 3 N–H and O–H groups in total. The maximum atomic E-state index is 11.4. The van der Waals surface area contributed by atoms with E-state index in [2.05, 4.69) is 22.1 Å². The second-order valence-corrected chi connectivity index (χ2v) is 5.74. The maximum Gasteiger partial charge on any atom is 0.221 e. The van der Waals surface area contributed by atoms with E-state index in [1.165, 1.54) is 0 Å². The smallest absolute Gasteiger partial charge is 0.221 e. The van der Waals surface area contributed by atoms with E-state index < -0.39 is 0 Å². The summed E-state index contributed by atoms with van der Waals surface area (Å²) in [6.07, 6.45) is 1.83. The topological polar surface area (TPSA) is 71.2 Å². The summed E-state index contributed by atoms with van der Waals surface area (Å²) in [6, 6.07) is 4.09. The number of nitrogens with two attached hydrogens (primary N) is 1. The van der Waals surface area contributed by atoms with Crippen LogP contribution in [-0.4, -0.2) is 35.4 Å². The molecule has 110 valence electrons. The molecule has 0 spiro atoms. The average molecular weight is 297 g/mol. The normalized spacial score (nSPS) is 23.6. The highest BCUT2D eigenvalue weighted by molar-refractivity contribution is 6.31. The molecule has 1 amide bonds. The fraction of sp³-hybridized carbons (Fsp3) is 0.571. The molecule has 1 fully saturated rings. The molecule has 0 saturated carbocycles. The Morgan fingerprint density at radius 3 is 2.95 bits per heavy atom. The Bertz CT molecular complexity index is 494. The number of pyridine rings is 1. The first-order valence-electron chi connectivity index (χ1n) is 6.87. The van der Waals surface area contributed by atoms with Gasteiger partial charge in [-0.25, -0.2) is 4.98 Å². The van der Waals surface area contributed by atoms with Crippen molar-refractivity contribution >= 4 is 23.3 Å². The minimum atomic E-state index is -0.218. The van der Waals surface area contributed by atoms with E-state index in [-0.39, 0.29) is 11.8 Å². The number of aromatic nitrogens is 1.